The van der Waals surface area contributed by atoms with Gasteiger partial charge in [-0.15, -0.1) is 10.2 Å². The summed E-state index contributed by atoms with van der Waals surface area (Å²) in [6.45, 7) is 2.67. The average Bonchev–Trinajstić information content (AvgIpc) is 3.29. The maximum Gasteiger partial charge on any atom is 0.257 e. The molecule has 0 aliphatic rings. The zero-order valence-electron chi connectivity index (χ0n) is 19.9. The molecule has 0 atom stereocenters. The quantitative estimate of drug-likeness (QED) is 0.236. The molecule has 1 N–H and O–H groups in total. The van der Waals surface area contributed by atoms with Gasteiger partial charge in [-0.2, -0.15) is 5.26 Å². The molecule has 182 valence electrons. The van der Waals surface area contributed by atoms with Crippen LogP contribution in [-0.2, 0) is 18.7 Å². The van der Waals surface area contributed by atoms with Gasteiger partial charge in [-0.1, -0.05) is 79.2 Å². The number of aryl methyl sites for hydroxylation is 1. The van der Waals surface area contributed by atoms with Gasteiger partial charge in [0.1, 0.15) is 5.82 Å². The van der Waals surface area contributed by atoms with Crippen LogP contribution < -0.4 is 5.32 Å². The molecule has 0 unspecified atom stereocenters. The minimum Gasteiger partial charge on any atom is -0.322 e. The summed E-state index contributed by atoms with van der Waals surface area (Å²) in [5.41, 5.74) is 3.47. The Balaban J connectivity index is 1.58. The molecule has 1 heterocycles. The van der Waals surface area contributed by atoms with Crippen LogP contribution in [0.1, 0.15) is 52.6 Å². The van der Waals surface area contributed by atoms with Crippen molar-refractivity contribution in [3.63, 3.8) is 0 Å². The highest BCUT2D eigenvalue weighted by atomic mass is 35.5. The molecule has 0 saturated carbocycles. The Hall–Kier alpha value is -3.60. The summed E-state index contributed by atoms with van der Waals surface area (Å²) in [6, 6.07) is 24.4. The zero-order chi connectivity index (χ0) is 25.3. The molecule has 4 rings (SSSR count). The number of amides is 1. The van der Waals surface area contributed by atoms with Gasteiger partial charge in [-0.3, -0.25) is 4.79 Å². The number of carbonyl (C=O) groups excluding carboxylic acids is 1. The molecule has 0 radical (unpaired) electrons. The van der Waals surface area contributed by atoms with Crippen molar-refractivity contribution in [2.45, 2.75) is 43.6 Å². The van der Waals surface area contributed by atoms with E-state index in [1.54, 1.807) is 36.0 Å². The summed E-state index contributed by atoms with van der Waals surface area (Å²) in [5, 5.41) is 22.9. The van der Waals surface area contributed by atoms with E-state index >= 15 is 0 Å². The normalized spacial score (nSPS) is 10.7. The van der Waals surface area contributed by atoms with Crippen LogP contribution in [0.5, 0.6) is 0 Å². The van der Waals surface area contributed by atoms with Gasteiger partial charge in [-0.25, -0.2) is 0 Å². The lowest BCUT2D eigenvalue weighted by molar-refractivity contribution is 0.102. The van der Waals surface area contributed by atoms with E-state index < -0.39 is 0 Å². The molecule has 36 heavy (non-hydrogen) atoms. The monoisotopic (exact) mass is 515 g/mol. The highest BCUT2D eigenvalue weighted by Crippen LogP contribution is 2.26. The third-order valence-corrected chi connectivity index (χ3v) is 7.00. The van der Waals surface area contributed by atoms with E-state index in [1.165, 1.54) is 0 Å². The van der Waals surface area contributed by atoms with Crippen molar-refractivity contribution in [1.29, 1.82) is 5.26 Å². The predicted molar refractivity (Wildman–Crippen MR) is 144 cm³/mol. The van der Waals surface area contributed by atoms with E-state index in [0.29, 0.717) is 28.4 Å². The standard InChI is InChI=1S/C28H26ClN5OS/c1-2-3-12-26-32-33-28(36-19-20-13-15-23(29)16-14-20)34(26)18-22-9-5-7-11-25(22)31-27(35)24-10-6-4-8-21(24)17-30/h4-11,13-16H,2-3,12,18-19H2,1H3,(H,31,35). The number of anilines is 1. The second-order valence-electron chi connectivity index (χ2n) is 8.27. The first-order chi connectivity index (χ1) is 17.6. The topological polar surface area (TPSA) is 83.6 Å². The summed E-state index contributed by atoms with van der Waals surface area (Å²) in [7, 11) is 0. The number of carbonyl (C=O) groups is 1. The minimum atomic E-state index is -0.313. The zero-order valence-corrected chi connectivity index (χ0v) is 21.5. The van der Waals surface area contributed by atoms with Crippen molar-refractivity contribution in [2.75, 3.05) is 5.32 Å². The number of hydrogen-bond donors (Lipinski definition) is 1. The van der Waals surface area contributed by atoms with E-state index in [-0.39, 0.29) is 5.91 Å². The highest BCUT2D eigenvalue weighted by Gasteiger charge is 2.17. The van der Waals surface area contributed by atoms with Crippen molar-refractivity contribution < 1.29 is 4.79 Å². The van der Waals surface area contributed by atoms with Crippen molar-refractivity contribution in [1.82, 2.24) is 14.8 Å². The van der Waals surface area contributed by atoms with Crippen molar-refractivity contribution in [2.24, 2.45) is 0 Å². The van der Waals surface area contributed by atoms with Crippen LogP contribution in [0.2, 0.25) is 5.02 Å². The predicted octanol–water partition coefficient (Wildman–Crippen LogP) is 6.74. The lowest BCUT2D eigenvalue weighted by Crippen LogP contribution is -2.16. The third kappa shape index (κ3) is 6.34. The number of nitrogens with one attached hydrogen (secondary N) is 1. The summed E-state index contributed by atoms with van der Waals surface area (Å²) in [6.07, 6.45) is 2.91. The summed E-state index contributed by atoms with van der Waals surface area (Å²) in [4.78, 5) is 13.0. The molecule has 0 aliphatic carbocycles. The minimum absolute atomic E-state index is 0.313. The number of para-hydroxylation sites is 1. The van der Waals surface area contributed by atoms with Crippen LogP contribution in [0.4, 0.5) is 5.69 Å². The molecule has 4 aromatic rings. The molecule has 8 heteroatoms. The third-order valence-electron chi connectivity index (χ3n) is 5.71. The molecule has 0 bridgehead atoms. The van der Waals surface area contributed by atoms with E-state index in [1.807, 2.05) is 48.5 Å². The fraction of sp³-hybridized carbons (Fsp3) is 0.214. The smallest absolute Gasteiger partial charge is 0.257 e. The molecule has 0 fully saturated rings. The van der Waals surface area contributed by atoms with Crippen LogP contribution in [0.15, 0.2) is 78.0 Å². The van der Waals surface area contributed by atoms with Crippen LogP contribution >= 0.6 is 23.4 Å². The van der Waals surface area contributed by atoms with Gasteiger partial charge < -0.3 is 9.88 Å². The summed E-state index contributed by atoms with van der Waals surface area (Å²) < 4.78 is 2.13. The van der Waals surface area contributed by atoms with Crippen LogP contribution in [0, 0.1) is 11.3 Å². The van der Waals surface area contributed by atoms with E-state index in [9.17, 15) is 10.1 Å². The van der Waals surface area contributed by atoms with Gasteiger partial charge in [0.2, 0.25) is 0 Å². The number of halogens is 1. The number of hydrogen-bond acceptors (Lipinski definition) is 5. The van der Waals surface area contributed by atoms with Crippen molar-refractivity contribution in [3.8, 4) is 6.07 Å². The van der Waals surface area contributed by atoms with Crippen LogP contribution in [0.25, 0.3) is 0 Å². The Bertz CT molecular complexity index is 1380. The van der Waals surface area contributed by atoms with E-state index in [2.05, 4.69) is 33.1 Å². The fourth-order valence-electron chi connectivity index (χ4n) is 3.75. The second-order valence-corrected chi connectivity index (χ2v) is 9.65. The van der Waals surface area contributed by atoms with Gasteiger partial charge in [0.25, 0.3) is 5.91 Å². The Kier molecular flexibility index (Phi) is 8.77. The van der Waals surface area contributed by atoms with Crippen LogP contribution in [-0.4, -0.2) is 20.7 Å². The summed E-state index contributed by atoms with van der Waals surface area (Å²) >= 11 is 7.65. The highest BCUT2D eigenvalue weighted by molar-refractivity contribution is 7.98. The number of unbranched alkanes of at least 4 members (excludes halogenated alkanes) is 1. The van der Waals surface area contributed by atoms with Gasteiger partial charge in [0.15, 0.2) is 5.16 Å². The van der Waals surface area contributed by atoms with Crippen molar-refractivity contribution in [3.05, 3.63) is 106 Å². The largest absolute Gasteiger partial charge is 0.322 e. The first kappa shape index (κ1) is 25.5. The molecule has 1 aromatic heterocycles. The van der Waals surface area contributed by atoms with Crippen LogP contribution in [0.3, 0.4) is 0 Å². The lowest BCUT2D eigenvalue weighted by Gasteiger charge is -2.15. The molecule has 0 spiro atoms. The average molecular weight is 516 g/mol. The Morgan fingerprint density at radius 3 is 2.58 bits per heavy atom. The molecule has 0 saturated heterocycles. The maximum absolute atomic E-state index is 13.0. The summed E-state index contributed by atoms with van der Waals surface area (Å²) in [5.74, 6) is 1.35. The van der Waals surface area contributed by atoms with Crippen molar-refractivity contribution >= 4 is 35.0 Å². The number of nitriles is 1. The van der Waals surface area contributed by atoms with Gasteiger partial charge in [0.05, 0.1) is 23.7 Å². The number of thioether (sulfide) groups is 1. The maximum atomic E-state index is 13.0. The Morgan fingerprint density at radius 2 is 1.81 bits per heavy atom. The SMILES string of the molecule is CCCCc1nnc(SCc2ccc(Cl)cc2)n1Cc1ccccc1NC(=O)c1ccccc1C#N. The molecule has 0 aliphatic heterocycles. The Labute approximate surface area is 220 Å². The molecule has 1 amide bonds. The van der Waals surface area contributed by atoms with E-state index in [0.717, 1.165) is 47.1 Å². The van der Waals surface area contributed by atoms with Gasteiger partial charge >= 0.3 is 0 Å². The van der Waals surface area contributed by atoms with Gasteiger partial charge in [0, 0.05) is 22.9 Å². The number of benzene rings is 3. The molecule has 3 aromatic carbocycles. The fourth-order valence-corrected chi connectivity index (χ4v) is 4.79. The Morgan fingerprint density at radius 1 is 1.06 bits per heavy atom. The number of rotatable bonds is 10. The number of aromatic nitrogens is 3. The lowest BCUT2D eigenvalue weighted by atomic mass is 10.1. The molecule has 6 nitrogen and oxygen atoms in total. The molecular formula is C28H26ClN5OS. The number of nitrogens with zero attached hydrogens (tertiary/aromatic N) is 4. The van der Waals surface area contributed by atoms with E-state index in [4.69, 9.17) is 11.6 Å². The molecular weight excluding hydrogens is 490 g/mol. The second kappa shape index (κ2) is 12.4. The van der Waals surface area contributed by atoms with Gasteiger partial charge in [-0.05, 0) is 47.9 Å². The first-order valence-electron chi connectivity index (χ1n) is 11.8. The first-order valence-corrected chi connectivity index (χ1v) is 13.1.